The van der Waals surface area contributed by atoms with Gasteiger partial charge in [-0.15, -0.1) is 11.3 Å². The van der Waals surface area contributed by atoms with E-state index in [2.05, 4.69) is 0 Å². The van der Waals surface area contributed by atoms with E-state index in [0.717, 1.165) is 6.54 Å². The van der Waals surface area contributed by atoms with E-state index >= 15 is 0 Å². The molecule has 1 aliphatic rings. The fourth-order valence-electron chi connectivity index (χ4n) is 2.12. The highest BCUT2D eigenvalue weighted by atomic mass is 32.2. The SMILES string of the molecule is CCN(CC1CC1)c1sc(C#N)c(N)c1S(=O)(=O)CC. The highest BCUT2D eigenvalue weighted by Gasteiger charge is 2.31. The number of nitrogens with two attached hydrogens (primary N) is 1. The lowest BCUT2D eigenvalue weighted by Crippen LogP contribution is -2.26. The summed E-state index contributed by atoms with van der Waals surface area (Å²) in [5.41, 5.74) is 6.01. The Bertz CT molecular complexity index is 639. The Kier molecular flexibility index (Phi) is 4.25. The lowest BCUT2D eigenvalue weighted by molar-refractivity contribution is 0.597. The average Bonchev–Trinajstić information content (AvgIpc) is 3.18. The Hall–Kier alpha value is -1.26. The van der Waals surface area contributed by atoms with Gasteiger partial charge in [-0.2, -0.15) is 5.26 Å². The van der Waals surface area contributed by atoms with Gasteiger partial charge in [0.15, 0.2) is 9.84 Å². The van der Waals surface area contributed by atoms with Crippen molar-refractivity contribution in [1.82, 2.24) is 0 Å². The average molecular weight is 313 g/mol. The van der Waals surface area contributed by atoms with Crippen LogP contribution in [0, 0.1) is 17.2 Å². The van der Waals surface area contributed by atoms with Crippen molar-refractivity contribution in [3.05, 3.63) is 4.88 Å². The third kappa shape index (κ3) is 2.76. The van der Waals surface area contributed by atoms with Gasteiger partial charge in [0.05, 0.1) is 11.4 Å². The number of hydrogen-bond donors (Lipinski definition) is 1. The van der Waals surface area contributed by atoms with E-state index in [1.165, 1.54) is 24.2 Å². The molecule has 1 fully saturated rings. The number of anilines is 2. The molecule has 1 aromatic rings. The summed E-state index contributed by atoms with van der Waals surface area (Å²) >= 11 is 1.19. The molecule has 0 aromatic carbocycles. The van der Waals surface area contributed by atoms with E-state index in [1.54, 1.807) is 6.92 Å². The maximum atomic E-state index is 12.3. The molecule has 110 valence electrons. The van der Waals surface area contributed by atoms with E-state index in [-0.39, 0.29) is 16.3 Å². The molecule has 0 radical (unpaired) electrons. The van der Waals surface area contributed by atoms with E-state index in [1.807, 2.05) is 17.9 Å². The Labute approximate surface area is 123 Å². The Morgan fingerprint density at radius 1 is 1.45 bits per heavy atom. The van der Waals surface area contributed by atoms with Crippen LogP contribution >= 0.6 is 11.3 Å². The second-order valence-electron chi connectivity index (χ2n) is 4.98. The topological polar surface area (TPSA) is 87.2 Å². The zero-order valence-electron chi connectivity index (χ0n) is 11.7. The summed E-state index contributed by atoms with van der Waals surface area (Å²) < 4.78 is 24.6. The zero-order valence-corrected chi connectivity index (χ0v) is 13.4. The van der Waals surface area contributed by atoms with Gasteiger partial charge in [-0.05, 0) is 25.7 Å². The molecule has 1 saturated carbocycles. The van der Waals surface area contributed by atoms with Crippen LogP contribution < -0.4 is 10.6 Å². The van der Waals surface area contributed by atoms with Crippen molar-refractivity contribution < 1.29 is 8.42 Å². The van der Waals surface area contributed by atoms with E-state index in [0.29, 0.717) is 22.3 Å². The third-order valence-electron chi connectivity index (χ3n) is 3.52. The number of nitrogen functional groups attached to an aromatic ring is 1. The molecular formula is C13H19N3O2S2. The number of thiophene rings is 1. The third-order valence-corrected chi connectivity index (χ3v) is 6.61. The monoisotopic (exact) mass is 313 g/mol. The van der Waals surface area contributed by atoms with Crippen LogP contribution in [0.25, 0.3) is 0 Å². The first-order chi connectivity index (χ1) is 9.44. The molecule has 0 unspecified atom stereocenters. The van der Waals surface area contributed by atoms with Crippen molar-refractivity contribution >= 4 is 31.9 Å². The summed E-state index contributed by atoms with van der Waals surface area (Å²) in [4.78, 5) is 2.49. The van der Waals surface area contributed by atoms with Crippen LogP contribution in [0.1, 0.15) is 31.6 Å². The van der Waals surface area contributed by atoms with Crippen LogP contribution in [0.2, 0.25) is 0 Å². The molecule has 20 heavy (non-hydrogen) atoms. The first-order valence-electron chi connectivity index (χ1n) is 6.74. The van der Waals surface area contributed by atoms with Crippen molar-refractivity contribution in [2.75, 3.05) is 29.5 Å². The van der Waals surface area contributed by atoms with Crippen molar-refractivity contribution in [3.63, 3.8) is 0 Å². The standard InChI is InChI=1S/C13H19N3O2S2/c1-3-16(8-9-5-6-9)13-12(20(17,18)4-2)11(15)10(7-14)19-13/h9H,3-6,8,15H2,1-2H3. The summed E-state index contributed by atoms with van der Waals surface area (Å²) in [6.07, 6.45) is 2.39. The van der Waals surface area contributed by atoms with Crippen LogP contribution in [-0.2, 0) is 9.84 Å². The predicted octanol–water partition coefficient (Wildman–Crippen LogP) is 2.23. The Balaban J connectivity index is 2.53. The molecule has 1 aromatic heterocycles. The molecule has 2 rings (SSSR count). The van der Waals surface area contributed by atoms with Crippen molar-refractivity contribution in [2.45, 2.75) is 31.6 Å². The van der Waals surface area contributed by atoms with Crippen molar-refractivity contribution in [3.8, 4) is 6.07 Å². The van der Waals surface area contributed by atoms with Gasteiger partial charge in [-0.1, -0.05) is 6.92 Å². The first-order valence-corrected chi connectivity index (χ1v) is 9.21. The maximum Gasteiger partial charge on any atom is 0.183 e. The normalized spacial score (nSPS) is 15.1. The van der Waals surface area contributed by atoms with Gasteiger partial charge >= 0.3 is 0 Å². The zero-order chi connectivity index (χ0) is 14.9. The van der Waals surface area contributed by atoms with Crippen molar-refractivity contribution in [2.24, 2.45) is 5.92 Å². The summed E-state index contributed by atoms with van der Waals surface area (Å²) in [6.45, 7) is 5.15. The second kappa shape index (κ2) is 5.62. The highest BCUT2D eigenvalue weighted by Crippen LogP contribution is 2.43. The number of nitrogens with zero attached hydrogens (tertiary/aromatic N) is 2. The molecule has 0 spiro atoms. The predicted molar refractivity (Wildman–Crippen MR) is 81.8 cm³/mol. The van der Waals surface area contributed by atoms with Crippen LogP contribution in [0.15, 0.2) is 4.90 Å². The molecule has 1 heterocycles. The molecule has 7 heteroatoms. The van der Waals surface area contributed by atoms with E-state index < -0.39 is 9.84 Å². The smallest absolute Gasteiger partial charge is 0.183 e. The fourth-order valence-corrected chi connectivity index (χ4v) is 4.80. The Morgan fingerprint density at radius 2 is 2.10 bits per heavy atom. The number of nitriles is 1. The van der Waals surface area contributed by atoms with E-state index in [4.69, 9.17) is 11.0 Å². The highest BCUT2D eigenvalue weighted by molar-refractivity contribution is 7.91. The van der Waals surface area contributed by atoms with Crippen LogP contribution in [0.4, 0.5) is 10.7 Å². The minimum absolute atomic E-state index is 0.00716. The molecule has 5 nitrogen and oxygen atoms in total. The molecule has 0 amide bonds. The number of sulfone groups is 1. The minimum Gasteiger partial charge on any atom is -0.396 e. The molecule has 0 aliphatic heterocycles. The fraction of sp³-hybridized carbons (Fsp3) is 0.615. The molecule has 2 N–H and O–H groups in total. The largest absolute Gasteiger partial charge is 0.396 e. The maximum absolute atomic E-state index is 12.3. The second-order valence-corrected chi connectivity index (χ2v) is 8.19. The summed E-state index contributed by atoms with van der Waals surface area (Å²) in [5.74, 6) is 0.633. The molecule has 0 atom stereocenters. The summed E-state index contributed by atoms with van der Waals surface area (Å²) in [5, 5.41) is 9.74. The van der Waals surface area contributed by atoms with Crippen LogP contribution in [-0.4, -0.2) is 27.3 Å². The molecule has 0 saturated heterocycles. The van der Waals surface area contributed by atoms with E-state index in [9.17, 15) is 8.42 Å². The minimum atomic E-state index is -3.43. The molecule has 0 bridgehead atoms. The summed E-state index contributed by atoms with van der Waals surface area (Å²) in [6, 6.07) is 2.00. The quantitative estimate of drug-likeness (QED) is 0.870. The van der Waals surface area contributed by atoms with Gasteiger partial charge in [0.2, 0.25) is 0 Å². The number of hydrogen-bond acceptors (Lipinski definition) is 6. The van der Waals surface area contributed by atoms with Gasteiger partial charge in [-0.3, -0.25) is 0 Å². The number of rotatable bonds is 6. The van der Waals surface area contributed by atoms with Gasteiger partial charge in [0.25, 0.3) is 0 Å². The van der Waals surface area contributed by atoms with Gasteiger partial charge in [-0.25, -0.2) is 8.42 Å². The first kappa shape index (κ1) is 15.1. The van der Waals surface area contributed by atoms with Crippen LogP contribution in [0.3, 0.4) is 0 Å². The van der Waals surface area contributed by atoms with Crippen LogP contribution in [0.5, 0.6) is 0 Å². The van der Waals surface area contributed by atoms with Gasteiger partial charge < -0.3 is 10.6 Å². The van der Waals surface area contributed by atoms with Gasteiger partial charge in [0.1, 0.15) is 20.8 Å². The Morgan fingerprint density at radius 3 is 2.55 bits per heavy atom. The molecule has 1 aliphatic carbocycles. The van der Waals surface area contributed by atoms with Gasteiger partial charge in [0, 0.05) is 13.1 Å². The lowest BCUT2D eigenvalue weighted by Gasteiger charge is -2.22. The molecular weight excluding hydrogens is 294 g/mol. The van der Waals surface area contributed by atoms with Crippen molar-refractivity contribution in [1.29, 1.82) is 5.26 Å². The summed E-state index contributed by atoms with van der Waals surface area (Å²) in [7, 11) is -3.43. The lowest BCUT2D eigenvalue weighted by atomic mass is 10.3.